The summed E-state index contributed by atoms with van der Waals surface area (Å²) in [6.45, 7) is 3.19. The Balaban J connectivity index is 1.67. The summed E-state index contributed by atoms with van der Waals surface area (Å²) in [5.74, 6) is 2.26. The number of aryl methyl sites for hydroxylation is 1. The van der Waals surface area contributed by atoms with E-state index in [9.17, 15) is 4.79 Å². The fourth-order valence-corrected chi connectivity index (χ4v) is 3.07. The lowest BCUT2D eigenvalue weighted by Gasteiger charge is -2.18. The predicted octanol–water partition coefficient (Wildman–Crippen LogP) is 3.53. The first-order chi connectivity index (χ1) is 13.5. The SMILES string of the molecule is COc1ccc(CN(C)C(=O)c2ccc(Cn3ccnc3C)cc2)cc1OC. The monoisotopic (exact) mass is 379 g/mol. The highest BCUT2D eigenvalue weighted by Gasteiger charge is 2.13. The van der Waals surface area contributed by atoms with Crippen molar-refractivity contribution in [2.24, 2.45) is 0 Å². The Bertz CT molecular complexity index is 948. The molecule has 0 spiro atoms. The minimum Gasteiger partial charge on any atom is -0.493 e. The van der Waals surface area contributed by atoms with Crippen LogP contribution in [0.3, 0.4) is 0 Å². The van der Waals surface area contributed by atoms with Gasteiger partial charge in [-0.2, -0.15) is 0 Å². The van der Waals surface area contributed by atoms with Crippen LogP contribution in [0.25, 0.3) is 0 Å². The van der Waals surface area contributed by atoms with Crippen LogP contribution in [-0.4, -0.2) is 41.6 Å². The van der Waals surface area contributed by atoms with Crippen molar-refractivity contribution >= 4 is 5.91 Å². The summed E-state index contributed by atoms with van der Waals surface area (Å²) in [4.78, 5) is 18.7. The molecule has 3 rings (SSSR count). The van der Waals surface area contributed by atoms with Crippen LogP contribution in [0.1, 0.15) is 27.3 Å². The fraction of sp³-hybridized carbons (Fsp3) is 0.273. The van der Waals surface area contributed by atoms with Crippen molar-refractivity contribution in [2.75, 3.05) is 21.3 Å². The number of carbonyl (C=O) groups is 1. The van der Waals surface area contributed by atoms with Gasteiger partial charge in [-0.3, -0.25) is 4.79 Å². The maximum absolute atomic E-state index is 12.8. The Morgan fingerprint density at radius 3 is 2.32 bits per heavy atom. The first-order valence-corrected chi connectivity index (χ1v) is 9.05. The van der Waals surface area contributed by atoms with E-state index in [-0.39, 0.29) is 5.91 Å². The molecular weight excluding hydrogens is 354 g/mol. The third-order valence-corrected chi connectivity index (χ3v) is 4.69. The van der Waals surface area contributed by atoms with Gasteiger partial charge in [0.25, 0.3) is 5.91 Å². The van der Waals surface area contributed by atoms with Crippen LogP contribution in [0.4, 0.5) is 0 Å². The first-order valence-electron chi connectivity index (χ1n) is 9.05. The molecule has 0 aliphatic rings. The summed E-state index contributed by atoms with van der Waals surface area (Å²) in [6, 6.07) is 13.4. The molecule has 0 radical (unpaired) electrons. The summed E-state index contributed by atoms with van der Waals surface area (Å²) in [6.07, 6.45) is 3.74. The average molecular weight is 379 g/mol. The second kappa shape index (κ2) is 8.61. The molecule has 0 N–H and O–H groups in total. The summed E-state index contributed by atoms with van der Waals surface area (Å²) in [5, 5.41) is 0. The van der Waals surface area contributed by atoms with E-state index in [1.807, 2.05) is 55.6 Å². The van der Waals surface area contributed by atoms with Gasteiger partial charge in [0.15, 0.2) is 11.5 Å². The van der Waals surface area contributed by atoms with Gasteiger partial charge in [0, 0.05) is 38.1 Å². The summed E-state index contributed by atoms with van der Waals surface area (Å²) < 4.78 is 12.7. The van der Waals surface area contributed by atoms with Crippen molar-refractivity contribution in [3.8, 4) is 11.5 Å². The smallest absolute Gasteiger partial charge is 0.253 e. The van der Waals surface area contributed by atoms with E-state index in [1.54, 1.807) is 32.4 Å². The average Bonchev–Trinajstić information content (AvgIpc) is 3.12. The van der Waals surface area contributed by atoms with Gasteiger partial charge < -0.3 is 18.9 Å². The highest BCUT2D eigenvalue weighted by molar-refractivity contribution is 5.94. The number of benzene rings is 2. The van der Waals surface area contributed by atoms with Crippen LogP contribution in [0.5, 0.6) is 11.5 Å². The Morgan fingerprint density at radius 1 is 1.04 bits per heavy atom. The zero-order valence-electron chi connectivity index (χ0n) is 16.7. The molecule has 0 unspecified atom stereocenters. The third-order valence-electron chi connectivity index (χ3n) is 4.69. The molecule has 2 aromatic carbocycles. The highest BCUT2D eigenvalue weighted by atomic mass is 16.5. The van der Waals surface area contributed by atoms with E-state index in [0.717, 1.165) is 23.5 Å². The standard InChI is InChI=1S/C22H25N3O3/c1-16-23-11-12-25(16)15-17-5-8-19(9-6-17)22(26)24(2)14-18-7-10-20(27-3)21(13-18)28-4/h5-13H,14-15H2,1-4H3. The number of hydrogen-bond donors (Lipinski definition) is 0. The lowest BCUT2D eigenvalue weighted by atomic mass is 10.1. The normalized spacial score (nSPS) is 10.6. The van der Waals surface area contributed by atoms with Crippen LogP contribution in [0, 0.1) is 6.92 Å². The molecule has 6 heteroatoms. The van der Waals surface area contributed by atoms with Gasteiger partial charge >= 0.3 is 0 Å². The summed E-state index contributed by atoms with van der Waals surface area (Å²) in [5.41, 5.74) is 2.76. The third kappa shape index (κ3) is 4.34. The minimum absolute atomic E-state index is 0.0276. The minimum atomic E-state index is -0.0276. The topological polar surface area (TPSA) is 56.6 Å². The Morgan fingerprint density at radius 2 is 1.71 bits per heavy atom. The van der Waals surface area contributed by atoms with E-state index in [1.165, 1.54) is 0 Å². The van der Waals surface area contributed by atoms with Crippen LogP contribution >= 0.6 is 0 Å². The molecule has 1 amide bonds. The number of nitrogens with zero attached hydrogens (tertiary/aromatic N) is 3. The van der Waals surface area contributed by atoms with Gasteiger partial charge in [-0.15, -0.1) is 0 Å². The van der Waals surface area contributed by atoms with Crippen LogP contribution in [0.15, 0.2) is 54.9 Å². The molecule has 0 saturated carbocycles. The fourth-order valence-electron chi connectivity index (χ4n) is 3.07. The van der Waals surface area contributed by atoms with E-state index in [2.05, 4.69) is 9.55 Å². The largest absolute Gasteiger partial charge is 0.493 e. The van der Waals surface area contributed by atoms with Crippen molar-refractivity contribution in [3.05, 3.63) is 77.4 Å². The molecule has 0 bridgehead atoms. The van der Waals surface area contributed by atoms with Crippen molar-refractivity contribution in [3.63, 3.8) is 0 Å². The molecule has 146 valence electrons. The van der Waals surface area contributed by atoms with Gasteiger partial charge in [-0.1, -0.05) is 18.2 Å². The summed E-state index contributed by atoms with van der Waals surface area (Å²) in [7, 11) is 5.00. The number of rotatable bonds is 7. The van der Waals surface area contributed by atoms with Crippen LogP contribution < -0.4 is 9.47 Å². The van der Waals surface area contributed by atoms with E-state index in [0.29, 0.717) is 23.6 Å². The zero-order chi connectivity index (χ0) is 20.1. The highest BCUT2D eigenvalue weighted by Crippen LogP contribution is 2.28. The van der Waals surface area contributed by atoms with Crippen molar-refractivity contribution < 1.29 is 14.3 Å². The summed E-state index contributed by atoms with van der Waals surface area (Å²) >= 11 is 0. The Hall–Kier alpha value is -3.28. The van der Waals surface area contributed by atoms with Gasteiger partial charge in [-0.25, -0.2) is 4.98 Å². The lowest BCUT2D eigenvalue weighted by molar-refractivity contribution is 0.0785. The number of methoxy groups -OCH3 is 2. The van der Waals surface area contributed by atoms with Crippen LogP contribution in [0.2, 0.25) is 0 Å². The molecule has 0 saturated heterocycles. The Labute approximate surface area is 165 Å². The van der Waals surface area contributed by atoms with Gasteiger partial charge in [0.2, 0.25) is 0 Å². The van der Waals surface area contributed by atoms with Gasteiger partial charge in [0.1, 0.15) is 5.82 Å². The maximum atomic E-state index is 12.8. The molecule has 0 aliphatic heterocycles. The second-order valence-corrected chi connectivity index (χ2v) is 6.65. The van der Waals surface area contributed by atoms with E-state index < -0.39 is 0 Å². The van der Waals surface area contributed by atoms with Crippen molar-refractivity contribution in [1.82, 2.24) is 14.5 Å². The van der Waals surface area contributed by atoms with Gasteiger partial charge in [0.05, 0.1) is 14.2 Å². The molecule has 1 heterocycles. The number of aromatic nitrogens is 2. The number of hydrogen-bond acceptors (Lipinski definition) is 4. The number of ether oxygens (including phenoxy) is 2. The molecule has 0 aliphatic carbocycles. The Kier molecular flexibility index (Phi) is 5.99. The molecule has 6 nitrogen and oxygen atoms in total. The van der Waals surface area contributed by atoms with E-state index >= 15 is 0 Å². The number of amides is 1. The second-order valence-electron chi connectivity index (χ2n) is 6.65. The first kappa shape index (κ1) is 19.5. The predicted molar refractivity (Wildman–Crippen MR) is 108 cm³/mol. The zero-order valence-corrected chi connectivity index (χ0v) is 16.7. The molecule has 0 atom stereocenters. The quantitative estimate of drug-likeness (QED) is 0.630. The number of carbonyl (C=O) groups excluding carboxylic acids is 1. The number of imidazole rings is 1. The molecule has 0 fully saturated rings. The van der Waals surface area contributed by atoms with Gasteiger partial charge in [-0.05, 0) is 42.3 Å². The van der Waals surface area contributed by atoms with Crippen molar-refractivity contribution in [2.45, 2.75) is 20.0 Å². The maximum Gasteiger partial charge on any atom is 0.253 e. The molecular formula is C22H25N3O3. The lowest BCUT2D eigenvalue weighted by Crippen LogP contribution is -2.26. The molecule has 28 heavy (non-hydrogen) atoms. The molecule has 1 aromatic heterocycles. The van der Waals surface area contributed by atoms with Crippen LogP contribution in [-0.2, 0) is 13.1 Å². The molecule has 3 aromatic rings. The van der Waals surface area contributed by atoms with E-state index in [4.69, 9.17) is 9.47 Å². The van der Waals surface area contributed by atoms with Crippen molar-refractivity contribution in [1.29, 1.82) is 0 Å².